The van der Waals surface area contributed by atoms with E-state index in [1.165, 1.54) is 11.1 Å². The molecule has 0 bridgehead atoms. The summed E-state index contributed by atoms with van der Waals surface area (Å²) >= 11 is 0. The Hall–Kier alpha value is -1.37. The van der Waals surface area contributed by atoms with Crippen LogP contribution in [0.2, 0.25) is 0 Å². The number of nitrogens with zero attached hydrogens (tertiary/aromatic N) is 3. The van der Waals surface area contributed by atoms with Gasteiger partial charge in [0.2, 0.25) is 0 Å². The fraction of sp³-hybridized carbons (Fsp3) is 0.650. The zero-order valence-corrected chi connectivity index (χ0v) is 15.2. The molecular weight excluding hydrogens is 282 g/mol. The van der Waals surface area contributed by atoms with E-state index in [0.29, 0.717) is 5.92 Å². The van der Waals surface area contributed by atoms with Gasteiger partial charge in [0, 0.05) is 26.2 Å². The molecular formula is C20H31N3. The number of aryl methyl sites for hydroxylation is 1. The molecule has 0 saturated carbocycles. The van der Waals surface area contributed by atoms with E-state index in [0.717, 1.165) is 45.6 Å². The summed E-state index contributed by atoms with van der Waals surface area (Å²) in [4.78, 5) is 4.93. The zero-order valence-electron chi connectivity index (χ0n) is 15.2. The van der Waals surface area contributed by atoms with Gasteiger partial charge in [-0.15, -0.1) is 0 Å². The molecule has 0 aliphatic carbocycles. The molecule has 1 heterocycles. The van der Waals surface area contributed by atoms with Crippen molar-refractivity contribution < 1.29 is 0 Å². The summed E-state index contributed by atoms with van der Waals surface area (Å²) in [5.41, 5.74) is 2.09. The Labute approximate surface area is 141 Å². The lowest BCUT2D eigenvalue weighted by molar-refractivity contribution is 0.149. The van der Waals surface area contributed by atoms with Crippen LogP contribution in [-0.4, -0.2) is 49.6 Å². The molecule has 1 aromatic carbocycles. The minimum absolute atomic E-state index is 0.320. The van der Waals surface area contributed by atoms with Crippen molar-refractivity contribution in [3.63, 3.8) is 0 Å². The molecule has 1 saturated heterocycles. The molecule has 1 fully saturated rings. The summed E-state index contributed by atoms with van der Waals surface area (Å²) < 4.78 is 0. The molecule has 0 unspecified atom stereocenters. The first kappa shape index (κ1) is 18.0. The van der Waals surface area contributed by atoms with Gasteiger partial charge < -0.3 is 9.80 Å². The summed E-state index contributed by atoms with van der Waals surface area (Å²) in [6.07, 6.45) is 2.03. The number of likely N-dealkylation sites (N-methyl/N-ethyl adjacent to an activating group) is 1. The number of hydrogen-bond donors (Lipinski definition) is 0. The Kier molecular flexibility index (Phi) is 6.21. The van der Waals surface area contributed by atoms with Gasteiger partial charge >= 0.3 is 0 Å². The molecule has 3 heteroatoms. The second-order valence-corrected chi connectivity index (χ2v) is 7.30. The topological polar surface area (TPSA) is 30.3 Å². The summed E-state index contributed by atoms with van der Waals surface area (Å²) in [6.45, 7) is 12.2. The van der Waals surface area contributed by atoms with Gasteiger partial charge in [-0.3, -0.25) is 0 Å². The molecule has 126 valence electrons. The van der Waals surface area contributed by atoms with E-state index in [9.17, 15) is 5.26 Å². The van der Waals surface area contributed by atoms with Crippen LogP contribution in [0.5, 0.6) is 0 Å². The van der Waals surface area contributed by atoms with Crippen molar-refractivity contribution in [2.24, 2.45) is 5.92 Å². The van der Waals surface area contributed by atoms with Crippen LogP contribution in [0.25, 0.3) is 0 Å². The Morgan fingerprint density at radius 1 is 1.17 bits per heavy atom. The Morgan fingerprint density at radius 2 is 1.83 bits per heavy atom. The van der Waals surface area contributed by atoms with E-state index in [-0.39, 0.29) is 5.41 Å². The maximum Gasteiger partial charge on any atom is 0.0848 e. The summed E-state index contributed by atoms with van der Waals surface area (Å²) in [5.74, 6) is 0.320. The molecule has 1 atom stereocenters. The van der Waals surface area contributed by atoms with Gasteiger partial charge in [-0.05, 0) is 50.4 Å². The smallest absolute Gasteiger partial charge is 0.0848 e. The maximum atomic E-state index is 10.0. The first-order chi connectivity index (χ1) is 11.0. The molecule has 0 N–H and O–H groups in total. The molecule has 0 amide bonds. The van der Waals surface area contributed by atoms with Crippen LogP contribution in [-0.2, 0) is 5.41 Å². The normalized spacial score (nSPS) is 19.5. The summed E-state index contributed by atoms with van der Waals surface area (Å²) in [5, 5.41) is 10.0. The second-order valence-electron chi connectivity index (χ2n) is 7.30. The van der Waals surface area contributed by atoms with E-state index >= 15 is 0 Å². The molecule has 0 spiro atoms. The van der Waals surface area contributed by atoms with Gasteiger partial charge in [0.05, 0.1) is 11.5 Å². The van der Waals surface area contributed by atoms with Crippen LogP contribution in [0.1, 0.15) is 37.8 Å². The predicted molar refractivity (Wildman–Crippen MR) is 96.5 cm³/mol. The molecule has 1 aromatic rings. The molecule has 1 aliphatic heterocycles. The van der Waals surface area contributed by atoms with Crippen molar-refractivity contribution in [2.75, 3.05) is 39.8 Å². The number of rotatable bonds is 6. The van der Waals surface area contributed by atoms with Gasteiger partial charge in [-0.2, -0.15) is 5.26 Å². The predicted octanol–water partition coefficient (Wildman–Crippen LogP) is 3.44. The highest BCUT2D eigenvalue weighted by atomic mass is 15.2. The van der Waals surface area contributed by atoms with Crippen molar-refractivity contribution in [3.8, 4) is 6.07 Å². The van der Waals surface area contributed by atoms with Crippen molar-refractivity contribution >= 4 is 0 Å². The van der Waals surface area contributed by atoms with Crippen LogP contribution in [0.15, 0.2) is 24.3 Å². The molecule has 0 aromatic heterocycles. The lowest BCUT2D eigenvalue weighted by Crippen LogP contribution is -2.45. The first-order valence-electron chi connectivity index (χ1n) is 8.88. The van der Waals surface area contributed by atoms with Crippen LogP contribution in [0.3, 0.4) is 0 Å². The Bertz CT molecular complexity index is 538. The SMILES string of the molecule is Cc1ccccc1[C@](C#N)(CCCN1CCN(C)CC1)C(C)C. The molecule has 0 radical (unpaired) electrons. The maximum absolute atomic E-state index is 10.0. The molecule has 3 nitrogen and oxygen atoms in total. The highest BCUT2D eigenvalue weighted by Gasteiger charge is 2.36. The van der Waals surface area contributed by atoms with Crippen LogP contribution >= 0.6 is 0 Å². The first-order valence-corrected chi connectivity index (χ1v) is 8.88. The van der Waals surface area contributed by atoms with Gasteiger partial charge in [-0.1, -0.05) is 38.1 Å². The van der Waals surface area contributed by atoms with Gasteiger partial charge in [-0.25, -0.2) is 0 Å². The van der Waals surface area contributed by atoms with Gasteiger partial charge in [0.15, 0.2) is 0 Å². The number of piperazine rings is 1. The lowest BCUT2D eigenvalue weighted by atomic mass is 9.68. The van der Waals surface area contributed by atoms with E-state index in [1.54, 1.807) is 0 Å². The van der Waals surface area contributed by atoms with Crippen molar-refractivity contribution in [1.82, 2.24) is 9.80 Å². The highest BCUT2D eigenvalue weighted by molar-refractivity contribution is 5.39. The number of hydrogen-bond acceptors (Lipinski definition) is 3. The monoisotopic (exact) mass is 313 g/mol. The Morgan fingerprint density at radius 3 is 2.39 bits per heavy atom. The highest BCUT2D eigenvalue weighted by Crippen LogP contribution is 2.38. The third kappa shape index (κ3) is 4.13. The van der Waals surface area contributed by atoms with Crippen LogP contribution in [0.4, 0.5) is 0 Å². The standard InChI is InChI=1S/C20H31N3/c1-17(2)20(16-21,19-9-6-5-8-18(19)3)10-7-11-23-14-12-22(4)13-15-23/h5-6,8-9,17H,7,10-15H2,1-4H3/t20-/m0/s1. The van der Waals surface area contributed by atoms with E-state index in [1.807, 2.05) is 0 Å². The average molecular weight is 313 g/mol. The van der Waals surface area contributed by atoms with E-state index < -0.39 is 0 Å². The molecule has 1 aliphatic rings. The zero-order chi connectivity index (χ0) is 16.9. The van der Waals surface area contributed by atoms with Crippen LogP contribution < -0.4 is 0 Å². The minimum Gasteiger partial charge on any atom is -0.304 e. The summed E-state index contributed by atoms with van der Waals surface area (Å²) in [6, 6.07) is 11.1. The fourth-order valence-electron chi connectivity index (χ4n) is 3.71. The largest absolute Gasteiger partial charge is 0.304 e. The van der Waals surface area contributed by atoms with Crippen LogP contribution in [0, 0.1) is 24.2 Å². The van der Waals surface area contributed by atoms with Crippen molar-refractivity contribution in [1.29, 1.82) is 5.26 Å². The number of nitriles is 1. The van der Waals surface area contributed by atoms with E-state index in [2.05, 4.69) is 68.0 Å². The van der Waals surface area contributed by atoms with Crippen molar-refractivity contribution in [2.45, 2.75) is 39.0 Å². The van der Waals surface area contributed by atoms with Gasteiger partial charge in [0.25, 0.3) is 0 Å². The average Bonchev–Trinajstić information content (AvgIpc) is 2.54. The van der Waals surface area contributed by atoms with Gasteiger partial charge in [0.1, 0.15) is 0 Å². The summed E-state index contributed by atoms with van der Waals surface area (Å²) in [7, 11) is 2.19. The fourth-order valence-corrected chi connectivity index (χ4v) is 3.71. The molecule has 23 heavy (non-hydrogen) atoms. The lowest BCUT2D eigenvalue weighted by Gasteiger charge is -2.35. The third-order valence-electron chi connectivity index (χ3n) is 5.45. The quantitative estimate of drug-likeness (QED) is 0.806. The van der Waals surface area contributed by atoms with E-state index in [4.69, 9.17) is 0 Å². The number of benzene rings is 1. The minimum atomic E-state index is -0.363. The Balaban J connectivity index is 2.05. The molecule has 2 rings (SSSR count). The third-order valence-corrected chi connectivity index (χ3v) is 5.45. The second kappa shape index (κ2) is 7.95. The van der Waals surface area contributed by atoms with Crippen molar-refractivity contribution in [3.05, 3.63) is 35.4 Å².